The number of halogens is 1. The van der Waals surface area contributed by atoms with Gasteiger partial charge in [-0.3, -0.25) is 4.79 Å². The van der Waals surface area contributed by atoms with Crippen LogP contribution in [0.15, 0.2) is 24.3 Å². The van der Waals surface area contributed by atoms with Crippen LogP contribution in [0.25, 0.3) is 0 Å². The monoisotopic (exact) mass is 166 g/mol. The first-order chi connectivity index (χ1) is 5.63. The van der Waals surface area contributed by atoms with Crippen LogP contribution >= 0.6 is 0 Å². The maximum Gasteiger partial charge on any atom is 0.332 e. The van der Waals surface area contributed by atoms with Gasteiger partial charge in [-0.05, 0) is 17.5 Å². The summed E-state index contributed by atoms with van der Waals surface area (Å²) in [6.07, 6.45) is 0. The molecular formula is C10H11FO. The molecule has 0 amide bonds. The summed E-state index contributed by atoms with van der Waals surface area (Å²) < 4.78 is 12.4. The minimum atomic E-state index is -1.35. The second-order valence-corrected chi connectivity index (χ2v) is 3.02. The van der Waals surface area contributed by atoms with Gasteiger partial charge >= 0.3 is 6.04 Å². The third kappa shape index (κ3) is 1.70. The molecule has 0 fully saturated rings. The summed E-state index contributed by atoms with van der Waals surface area (Å²) in [6, 6.07) is 5.41. The van der Waals surface area contributed by atoms with Gasteiger partial charge in [-0.2, -0.15) is 4.39 Å². The van der Waals surface area contributed by atoms with Crippen LogP contribution in [0.1, 0.15) is 35.7 Å². The molecule has 0 aromatic heterocycles. The van der Waals surface area contributed by atoms with Crippen molar-refractivity contribution in [2.24, 2.45) is 0 Å². The molecule has 0 aliphatic rings. The second kappa shape index (κ2) is 3.48. The molecule has 1 nitrogen and oxygen atoms in total. The lowest BCUT2D eigenvalue weighted by Crippen LogP contribution is -1.99. The van der Waals surface area contributed by atoms with E-state index in [1.165, 1.54) is 6.07 Å². The predicted octanol–water partition coefficient (Wildman–Crippen LogP) is 2.92. The Morgan fingerprint density at radius 1 is 1.33 bits per heavy atom. The van der Waals surface area contributed by atoms with E-state index in [2.05, 4.69) is 0 Å². The van der Waals surface area contributed by atoms with Gasteiger partial charge in [0.15, 0.2) is 0 Å². The second-order valence-electron chi connectivity index (χ2n) is 3.02. The molecule has 0 N–H and O–H groups in total. The summed E-state index contributed by atoms with van der Waals surface area (Å²) >= 11 is 0. The molecule has 0 bridgehead atoms. The maximum atomic E-state index is 12.4. The SMILES string of the molecule is CC(C)c1ccccc1C(=O)F. The van der Waals surface area contributed by atoms with E-state index < -0.39 is 6.04 Å². The molecule has 0 unspecified atom stereocenters. The Morgan fingerprint density at radius 3 is 2.33 bits per heavy atom. The smallest absolute Gasteiger partial charge is 0.255 e. The molecule has 0 radical (unpaired) electrons. The van der Waals surface area contributed by atoms with Crippen molar-refractivity contribution in [2.75, 3.05) is 0 Å². The Hall–Kier alpha value is -1.18. The molecule has 0 atom stereocenters. The first kappa shape index (κ1) is 8.91. The van der Waals surface area contributed by atoms with Gasteiger partial charge in [0.05, 0.1) is 5.56 Å². The Kier molecular flexibility index (Phi) is 2.58. The third-order valence-electron chi connectivity index (χ3n) is 1.79. The minimum Gasteiger partial charge on any atom is -0.255 e. The molecule has 1 aromatic rings. The highest BCUT2D eigenvalue weighted by Crippen LogP contribution is 2.19. The van der Waals surface area contributed by atoms with Crippen molar-refractivity contribution in [3.8, 4) is 0 Å². The summed E-state index contributed by atoms with van der Waals surface area (Å²) in [7, 11) is 0. The lowest BCUT2D eigenvalue weighted by atomic mass is 9.98. The summed E-state index contributed by atoms with van der Waals surface area (Å²) in [5, 5.41) is 0. The van der Waals surface area contributed by atoms with Crippen LogP contribution in [0.3, 0.4) is 0 Å². The number of hydrogen-bond acceptors (Lipinski definition) is 1. The van der Waals surface area contributed by atoms with Gasteiger partial charge in [0.1, 0.15) is 0 Å². The van der Waals surface area contributed by atoms with Crippen molar-refractivity contribution in [3.63, 3.8) is 0 Å². The van der Waals surface area contributed by atoms with Crippen molar-refractivity contribution < 1.29 is 9.18 Å². The van der Waals surface area contributed by atoms with Crippen LogP contribution in [0.4, 0.5) is 4.39 Å². The van der Waals surface area contributed by atoms with Crippen LogP contribution in [-0.4, -0.2) is 6.04 Å². The first-order valence-corrected chi connectivity index (χ1v) is 3.91. The summed E-state index contributed by atoms with van der Waals surface area (Å²) in [5.74, 6) is 0.181. The molecule has 0 aliphatic carbocycles. The Morgan fingerprint density at radius 2 is 1.92 bits per heavy atom. The quantitative estimate of drug-likeness (QED) is 0.617. The standard InChI is InChI=1S/C10H11FO/c1-7(2)8-5-3-4-6-9(8)10(11)12/h3-7H,1-2H3. The van der Waals surface area contributed by atoms with Crippen LogP contribution < -0.4 is 0 Å². The van der Waals surface area contributed by atoms with E-state index in [1.54, 1.807) is 12.1 Å². The molecule has 0 saturated heterocycles. The topological polar surface area (TPSA) is 17.1 Å². The molecule has 0 spiro atoms. The lowest BCUT2D eigenvalue weighted by Gasteiger charge is -2.07. The molecule has 1 aromatic carbocycles. The fourth-order valence-corrected chi connectivity index (χ4v) is 1.18. The number of rotatable bonds is 2. The average Bonchev–Trinajstić information content (AvgIpc) is 2.04. The zero-order valence-electron chi connectivity index (χ0n) is 7.17. The molecule has 2 heteroatoms. The van der Waals surface area contributed by atoms with E-state index in [9.17, 15) is 9.18 Å². The zero-order valence-corrected chi connectivity index (χ0v) is 7.17. The normalized spacial score (nSPS) is 10.3. The van der Waals surface area contributed by atoms with Gasteiger partial charge < -0.3 is 0 Å². The van der Waals surface area contributed by atoms with Gasteiger partial charge in [-0.15, -0.1) is 0 Å². The number of benzene rings is 1. The van der Waals surface area contributed by atoms with Gasteiger partial charge in [0.2, 0.25) is 0 Å². The van der Waals surface area contributed by atoms with E-state index in [0.717, 1.165) is 5.56 Å². The summed E-state index contributed by atoms with van der Waals surface area (Å²) in [6.45, 7) is 3.86. The number of hydrogen-bond donors (Lipinski definition) is 0. The maximum absolute atomic E-state index is 12.4. The highest BCUT2D eigenvalue weighted by molar-refractivity contribution is 5.90. The van der Waals surface area contributed by atoms with Crippen LogP contribution in [0.5, 0.6) is 0 Å². The van der Waals surface area contributed by atoms with Crippen LogP contribution in [0, 0.1) is 0 Å². The fraction of sp³-hybridized carbons (Fsp3) is 0.300. The highest BCUT2D eigenvalue weighted by Gasteiger charge is 2.11. The Bertz CT molecular complexity index is 292. The number of carbonyl (C=O) groups is 1. The van der Waals surface area contributed by atoms with Gasteiger partial charge in [-0.25, -0.2) is 0 Å². The lowest BCUT2D eigenvalue weighted by molar-refractivity contribution is 0.0834. The Labute approximate surface area is 71.2 Å². The number of carbonyl (C=O) groups excluding carboxylic acids is 1. The van der Waals surface area contributed by atoms with Crippen molar-refractivity contribution in [1.29, 1.82) is 0 Å². The van der Waals surface area contributed by atoms with E-state index >= 15 is 0 Å². The van der Waals surface area contributed by atoms with Crippen molar-refractivity contribution in [2.45, 2.75) is 19.8 Å². The molecule has 64 valence electrons. The van der Waals surface area contributed by atoms with Gasteiger partial charge in [0, 0.05) is 0 Å². The molecular weight excluding hydrogens is 155 g/mol. The van der Waals surface area contributed by atoms with Crippen LogP contribution in [0.2, 0.25) is 0 Å². The van der Waals surface area contributed by atoms with Gasteiger partial charge in [-0.1, -0.05) is 32.0 Å². The molecule has 0 heterocycles. The van der Waals surface area contributed by atoms with Crippen LogP contribution in [-0.2, 0) is 0 Å². The molecule has 12 heavy (non-hydrogen) atoms. The first-order valence-electron chi connectivity index (χ1n) is 3.91. The zero-order chi connectivity index (χ0) is 9.14. The molecule has 0 saturated carbocycles. The Balaban J connectivity index is 3.17. The third-order valence-corrected chi connectivity index (χ3v) is 1.79. The predicted molar refractivity (Wildman–Crippen MR) is 46.0 cm³/mol. The van der Waals surface area contributed by atoms with Gasteiger partial charge in [0.25, 0.3) is 0 Å². The van der Waals surface area contributed by atoms with Crippen molar-refractivity contribution >= 4 is 6.04 Å². The summed E-state index contributed by atoms with van der Waals surface area (Å²) in [5.41, 5.74) is 0.956. The highest BCUT2D eigenvalue weighted by atomic mass is 19.1. The van der Waals surface area contributed by atoms with Crippen molar-refractivity contribution in [3.05, 3.63) is 35.4 Å². The van der Waals surface area contributed by atoms with E-state index in [0.29, 0.717) is 0 Å². The average molecular weight is 166 g/mol. The minimum absolute atomic E-state index is 0.181. The fourth-order valence-electron chi connectivity index (χ4n) is 1.18. The van der Waals surface area contributed by atoms with Crippen molar-refractivity contribution in [1.82, 2.24) is 0 Å². The summed E-state index contributed by atoms with van der Waals surface area (Å²) in [4.78, 5) is 10.5. The van der Waals surface area contributed by atoms with E-state index in [1.807, 2.05) is 19.9 Å². The molecule has 0 aliphatic heterocycles. The molecule has 1 rings (SSSR count). The van der Waals surface area contributed by atoms with E-state index in [4.69, 9.17) is 0 Å². The van der Waals surface area contributed by atoms with E-state index in [-0.39, 0.29) is 11.5 Å². The largest absolute Gasteiger partial charge is 0.332 e.